The Balaban J connectivity index is 1.39. The lowest BCUT2D eigenvalue weighted by Crippen LogP contribution is -2.50. The predicted molar refractivity (Wildman–Crippen MR) is 132 cm³/mol. The highest BCUT2D eigenvalue weighted by molar-refractivity contribution is 6.09. The molecule has 172 valence electrons. The van der Waals surface area contributed by atoms with E-state index < -0.39 is 0 Å². The molecule has 0 radical (unpaired) electrons. The molecule has 5 rings (SSSR count). The van der Waals surface area contributed by atoms with E-state index in [-0.39, 0.29) is 30.2 Å². The molecule has 0 bridgehead atoms. The van der Waals surface area contributed by atoms with Gasteiger partial charge in [0.1, 0.15) is 18.0 Å². The quantitative estimate of drug-likeness (QED) is 0.441. The van der Waals surface area contributed by atoms with Crippen molar-refractivity contribution in [2.75, 3.05) is 13.1 Å². The number of nitrogens with one attached hydrogen (secondary N) is 1. The number of aromatic hydroxyl groups is 1. The first kappa shape index (κ1) is 21.9. The molecule has 2 N–H and O–H groups in total. The molecule has 1 aromatic heterocycles. The Morgan fingerprint density at radius 3 is 2.53 bits per heavy atom. The van der Waals surface area contributed by atoms with Gasteiger partial charge < -0.3 is 15.3 Å². The maximum absolute atomic E-state index is 13.4. The third-order valence-corrected chi connectivity index (χ3v) is 6.31. The van der Waals surface area contributed by atoms with Crippen LogP contribution < -0.4 is 5.32 Å². The second-order valence-electron chi connectivity index (χ2n) is 8.94. The Morgan fingerprint density at radius 2 is 1.74 bits per heavy atom. The molecule has 0 unspecified atom stereocenters. The van der Waals surface area contributed by atoms with E-state index in [4.69, 9.17) is 0 Å². The Hall–Kier alpha value is -3.90. The van der Waals surface area contributed by atoms with Gasteiger partial charge in [-0.05, 0) is 54.8 Å². The van der Waals surface area contributed by atoms with Crippen molar-refractivity contribution in [2.24, 2.45) is 0 Å². The van der Waals surface area contributed by atoms with Crippen LogP contribution in [0, 0.1) is 6.92 Å². The molecule has 4 aromatic rings. The molecule has 0 saturated heterocycles. The van der Waals surface area contributed by atoms with Gasteiger partial charge in [0, 0.05) is 24.5 Å². The molecule has 1 atom stereocenters. The minimum atomic E-state index is -0.134. The summed E-state index contributed by atoms with van der Waals surface area (Å²) in [5.74, 6) is -0.00987. The zero-order valence-corrected chi connectivity index (χ0v) is 19.1. The van der Waals surface area contributed by atoms with E-state index in [0.717, 1.165) is 27.6 Å². The van der Waals surface area contributed by atoms with Gasteiger partial charge in [-0.2, -0.15) is 0 Å². The monoisotopic (exact) mass is 453 g/mol. The van der Waals surface area contributed by atoms with Crippen LogP contribution in [0.5, 0.6) is 5.75 Å². The molecule has 6 nitrogen and oxygen atoms in total. The number of aromatic nitrogens is 1. The average Bonchev–Trinajstić information content (AvgIpc) is 3.21. The van der Waals surface area contributed by atoms with Crippen LogP contribution in [0.4, 0.5) is 0 Å². The highest BCUT2D eigenvalue weighted by Gasteiger charge is 2.32. The summed E-state index contributed by atoms with van der Waals surface area (Å²) in [5.41, 5.74) is 4.39. The summed E-state index contributed by atoms with van der Waals surface area (Å²) < 4.78 is 1.56. The zero-order valence-electron chi connectivity index (χ0n) is 19.1. The SMILES string of the molecule is Cc1ccc2c(c1)cc1n2C(=O)CN(C[C@H](Cc2ccccc2)NCc2cccc(O)c2)C1=O. The summed E-state index contributed by atoms with van der Waals surface area (Å²) in [6.45, 7) is 2.99. The van der Waals surface area contributed by atoms with E-state index in [1.54, 1.807) is 21.6 Å². The van der Waals surface area contributed by atoms with E-state index in [2.05, 4.69) is 17.4 Å². The lowest BCUT2D eigenvalue weighted by molar-refractivity contribution is 0.0608. The van der Waals surface area contributed by atoms with Crippen molar-refractivity contribution in [2.45, 2.75) is 25.9 Å². The molecule has 0 spiro atoms. The molecule has 2 heterocycles. The lowest BCUT2D eigenvalue weighted by Gasteiger charge is -2.31. The Kier molecular flexibility index (Phi) is 5.90. The van der Waals surface area contributed by atoms with Crippen LogP contribution in [-0.2, 0) is 13.0 Å². The van der Waals surface area contributed by atoms with Crippen molar-refractivity contribution in [3.05, 3.63) is 101 Å². The second-order valence-corrected chi connectivity index (χ2v) is 8.94. The minimum absolute atomic E-state index is 0.0442. The highest BCUT2D eigenvalue weighted by Crippen LogP contribution is 2.25. The van der Waals surface area contributed by atoms with Crippen LogP contribution in [0.2, 0.25) is 0 Å². The van der Waals surface area contributed by atoms with E-state index in [1.165, 1.54) is 0 Å². The maximum Gasteiger partial charge on any atom is 0.271 e. The number of hydrogen-bond donors (Lipinski definition) is 2. The first-order valence-electron chi connectivity index (χ1n) is 11.5. The number of aryl methyl sites for hydroxylation is 1. The molecule has 0 fully saturated rings. The van der Waals surface area contributed by atoms with Crippen LogP contribution in [0.15, 0.2) is 78.9 Å². The molecule has 1 aliphatic rings. The number of nitrogens with zero attached hydrogens (tertiary/aromatic N) is 2. The Labute approximate surface area is 198 Å². The number of carbonyl (C=O) groups is 2. The molecular weight excluding hydrogens is 426 g/mol. The Bertz CT molecular complexity index is 1360. The van der Waals surface area contributed by atoms with Crippen LogP contribution in [0.25, 0.3) is 10.9 Å². The smallest absolute Gasteiger partial charge is 0.271 e. The van der Waals surface area contributed by atoms with Gasteiger partial charge in [0.2, 0.25) is 0 Å². The van der Waals surface area contributed by atoms with Gasteiger partial charge in [-0.25, -0.2) is 0 Å². The van der Waals surface area contributed by atoms with Crippen LogP contribution in [0.3, 0.4) is 0 Å². The summed E-state index contributed by atoms with van der Waals surface area (Å²) in [6, 6.07) is 24.8. The fourth-order valence-corrected chi connectivity index (χ4v) is 4.67. The number of rotatable bonds is 7. The fourth-order valence-electron chi connectivity index (χ4n) is 4.67. The zero-order chi connectivity index (χ0) is 23.7. The third-order valence-electron chi connectivity index (χ3n) is 6.31. The average molecular weight is 454 g/mol. The van der Waals surface area contributed by atoms with Crippen LogP contribution in [0.1, 0.15) is 32.0 Å². The van der Waals surface area contributed by atoms with Crippen molar-refractivity contribution in [1.82, 2.24) is 14.8 Å². The van der Waals surface area contributed by atoms with Crippen molar-refractivity contribution < 1.29 is 14.7 Å². The van der Waals surface area contributed by atoms with Gasteiger partial charge in [0.25, 0.3) is 11.8 Å². The first-order valence-corrected chi connectivity index (χ1v) is 11.5. The second kappa shape index (κ2) is 9.15. The first-order chi connectivity index (χ1) is 16.5. The Morgan fingerprint density at radius 1 is 0.941 bits per heavy atom. The van der Waals surface area contributed by atoms with Gasteiger partial charge in [0.05, 0.1) is 5.52 Å². The molecule has 0 aliphatic carbocycles. The van der Waals surface area contributed by atoms with E-state index in [0.29, 0.717) is 25.2 Å². The van der Waals surface area contributed by atoms with Crippen LogP contribution in [-0.4, -0.2) is 45.5 Å². The van der Waals surface area contributed by atoms with Crippen LogP contribution >= 0.6 is 0 Å². The number of amides is 1. The van der Waals surface area contributed by atoms with Gasteiger partial charge >= 0.3 is 0 Å². The van der Waals surface area contributed by atoms with Gasteiger partial charge in [-0.15, -0.1) is 0 Å². The molecule has 1 amide bonds. The molecule has 1 aliphatic heterocycles. The highest BCUT2D eigenvalue weighted by atomic mass is 16.3. The molecular formula is C28H27N3O3. The van der Waals surface area contributed by atoms with Gasteiger partial charge in [-0.1, -0.05) is 54.1 Å². The summed E-state index contributed by atoms with van der Waals surface area (Å²) in [6.07, 6.45) is 0.708. The molecule has 0 saturated carbocycles. The standard InChI is InChI=1S/C28H27N3O3/c1-19-10-11-25-22(12-19)15-26-28(34)30(18-27(33)31(25)26)17-23(13-20-6-3-2-4-7-20)29-16-21-8-5-9-24(32)14-21/h2-12,14-15,23,29,32H,13,16-18H2,1H3/t23-/m0/s1. The maximum atomic E-state index is 13.4. The minimum Gasteiger partial charge on any atom is -0.508 e. The third kappa shape index (κ3) is 4.45. The van der Waals surface area contributed by atoms with E-state index in [9.17, 15) is 14.7 Å². The van der Waals surface area contributed by atoms with Gasteiger partial charge in [-0.3, -0.25) is 14.2 Å². The number of benzene rings is 3. The van der Waals surface area contributed by atoms with Gasteiger partial charge in [0.15, 0.2) is 0 Å². The molecule has 6 heteroatoms. The normalized spacial score (nSPS) is 14.4. The number of hydrogen-bond acceptors (Lipinski definition) is 4. The summed E-state index contributed by atoms with van der Waals surface area (Å²) in [7, 11) is 0. The van der Waals surface area contributed by atoms with E-state index in [1.807, 2.05) is 61.5 Å². The summed E-state index contributed by atoms with van der Waals surface area (Å²) >= 11 is 0. The molecule has 34 heavy (non-hydrogen) atoms. The summed E-state index contributed by atoms with van der Waals surface area (Å²) in [5, 5.41) is 14.2. The van der Waals surface area contributed by atoms with Crippen molar-refractivity contribution >= 4 is 22.7 Å². The topological polar surface area (TPSA) is 74.6 Å². The molecule has 3 aromatic carbocycles. The summed E-state index contributed by atoms with van der Waals surface area (Å²) in [4.78, 5) is 28.1. The number of fused-ring (bicyclic) bond motifs is 3. The largest absolute Gasteiger partial charge is 0.508 e. The van der Waals surface area contributed by atoms with E-state index >= 15 is 0 Å². The number of carbonyl (C=O) groups excluding carboxylic acids is 2. The predicted octanol–water partition coefficient (Wildman–Crippen LogP) is 4.15. The number of phenolic OH excluding ortho intramolecular Hbond substituents is 1. The fraction of sp³-hybridized carbons (Fsp3) is 0.214. The number of phenols is 1. The lowest BCUT2D eigenvalue weighted by atomic mass is 10.0. The van der Waals surface area contributed by atoms with Crippen molar-refractivity contribution in [3.63, 3.8) is 0 Å². The van der Waals surface area contributed by atoms with Crippen molar-refractivity contribution in [3.8, 4) is 5.75 Å². The van der Waals surface area contributed by atoms with Crippen molar-refractivity contribution in [1.29, 1.82) is 0 Å².